The molecule has 1 amide bonds. The molecule has 5 heteroatoms. The Morgan fingerprint density at radius 1 is 1.33 bits per heavy atom. The van der Waals surface area contributed by atoms with Gasteiger partial charge in [-0.3, -0.25) is 9.59 Å². The van der Waals surface area contributed by atoms with Gasteiger partial charge in [0.2, 0.25) is 5.91 Å². The number of carbonyl (C=O) groups is 2. The molecule has 1 aromatic carbocycles. The molecule has 5 nitrogen and oxygen atoms in total. The van der Waals surface area contributed by atoms with Gasteiger partial charge in [-0.15, -0.1) is 0 Å². The lowest BCUT2D eigenvalue weighted by molar-refractivity contribution is -0.137. The predicted octanol–water partition coefficient (Wildman–Crippen LogP) is 1.36. The summed E-state index contributed by atoms with van der Waals surface area (Å²) in [5.74, 6) is -1.16. The highest BCUT2D eigenvalue weighted by molar-refractivity contribution is 5.77. The summed E-state index contributed by atoms with van der Waals surface area (Å²) >= 11 is 0. The van der Waals surface area contributed by atoms with Gasteiger partial charge in [0.15, 0.2) is 0 Å². The Kier molecular flexibility index (Phi) is 5.87. The molecule has 0 aliphatic carbocycles. The second kappa shape index (κ2) is 7.45. The van der Waals surface area contributed by atoms with Crippen molar-refractivity contribution in [1.82, 2.24) is 5.32 Å². The van der Waals surface area contributed by atoms with Crippen molar-refractivity contribution in [3.63, 3.8) is 0 Å². The monoisotopic (exact) mass is 251 g/mol. The third-order valence-corrected chi connectivity index (χ3v) is 2.45. The van der Waals surface area contributed by atoms with Gasteiger partial charge in [0.05, 0.1) is 19.1 Å². The van der Waals surface area contributed by atoms with Crippen LogP contribution >= 0.6 is 0 Å². The van der Waals surface area contributed by atoms with Crippen molar-refractivity contribution in [1.29, 1.82) is 0 Å². The standard InChI is InChI=1S/C13H17NO4/c1-18-8-7-12(15)14-11(9-13(16)17)10-5-3-2-4-6-10/h2-6,11H,7-9H2,1H3,(H,14,15)(H,16,17). The summed E-state index contributed by atoms with van der Waals surface area (Å²) in [6.07, 6.45) is 0.0855. The smallest absolute Gasteiger partial charge is 0.305 e. The quantitative estimate of drug-likeness (QED) is 0.767. The molecule has 0 saturated heterocycles. The Balaban J connectivity index is 2.67. The maximum Gasteiger partial charge on any atom is 0.305 e. The third-order valence-electron chi connectivity index (χ3n) is 2.45. The fraction of sp³-hybridized carbons (Fsp3) is 0.385. The summed E-state index contributed by atoms with van der Waals surface area (Å²) in [5, 5.41) is 11.6. The number of hydrogen-bond donors (Lipinski definition) is 2. The average molecular weight is 251 g/mol. The van der Waals surface area contributed by atoms with Crippen molar-refractivity contribution in [3.05, 3.63) is 35.9 Å². The van der Waals surface area contributed by atoms with E-state index in [4.69, 9.17) is 9.84 Å². The van der Waals surface area contributed by atoms with Gasteiger partial charge in [-0.1, -0.05) is 30.3 Å². The van der Waals surface area contributed by atoms with Crippen LogP contribution in [0.2, 0.25) is 0 Å². The number of carboxylic acids is 1. The van der Waals surface area contributed by atoms with Crippen LogP contribution in [-0.4, -0.2) is 30.7 Å². The van der Waals surface area contributed by atoms with E-state index in [1.54, 1.807) is 12.1 Å². The highest BCUT2D eigenvalue weighted by Gasteiger charge is 2.17. The number of methoxy groups -OCH3 is 1. The number of aliphatic carboxylic acids is 1. The van der Waals surface area contributed by atoms with E-state index in [0.717, 1.165) is 5.56 Å². The van der Waals surface area contributed by atoms with E-state index in [1.165, 1.54) is 7.11 Å². The molecule has 0 fully saturated rings. The zero-order valence-electron chi connectivity index (χ0n) is 10.3. The lowest BCUT2D eigenvalue weighted by Gasteiger charge is -2.17. The minimum atomic E-state index is -0.948. The first-order valence-electron chi connectivity index (χ1n) is 5.68. The van der Waals surface area contributed by atoms with E-state index in [1.807, 2.05) is 18.2 Å². The van der Waals surface area contributed by atoms with Crippen molar-refractivity contribution >= 4 is 11.9 Å². The van der Waals surface area contributed by atoms with E-state index in [9.17, 15) is 9.59 Å². The van der Waals surface area contributed by atoms with E-state index >= 15 is 0 Å². The molecular weight excluding hydrogens is 234 g/mol. The van der Waals surface area contributed by atoms with Gasteiger partial charge >= 0.3 is 5.97 Å². The molecule has 0 bridgehead atoms. The van der Waals surface area contributed by atoms with Crippen molar-refractivity contribution in [2.45, 2.75) is 18.9 Å². The lowest BCUT2D eigenvalue weighted by atomic mass is 10.0. The Labute approximate surface area is 106 Å². The van der Waals surface area contributed by atoms with Crippen LogP contribution in [0.4, 0.5) is 0 Å². The van der Waals surface area contributed by atoms with E-state index in [0.29, 0.717) is 6.61 Å². The normalized spacial score (nSPS) is 11.8. The molecule has 1 rings (SSSR count). The Morgan fingerprint density at radius 3 is 2.56 bits per heavy atom. The van der Waals surface area contributed by atoms with Crippen molar-refractivity contribution in [2.24, 2.45) is 0 Å². The number of carbonyl (C=O) groups excluding carboxylic acids is 1. The van der Waals surface area contributed by atoms with Crippen LogP contribution in [0.15, 0.2) is 30.3 Å². The molecule has 0 aliphatic rings. The zero-order valence-corrected chi connectivity index (χ0v) is 10.3. The van der Waals surface area contributed by atoms with Crippen molar-refractivity contribution in [3.8, 4) is 0 Å². The molecule has 0 aromatic heterocycles. The molecular formula is C13H17NO4. The Bertz CT molecular complexity index is 391. The first-order chi connectivity index (χ1) is 8.63. The highest BCUT2D eigenvalue weighted by Crippen LogP contribution is 2.16. The van der Waals surface area contributed by atoms with Crippen LogP contribution in [0, 0.1) is 0 Å². The van der Waals surface area contributed by atoms with Crippen molar-refractivity contribution in [2.75, 3.05) is 13.7 Å². The largest absolute Gasteiger partial charge is 0.481 e. The van der Waals surface area contributed by atoms with Crippen LogP contribution in [0.5, 0.6) is 0 Å². The molecule has 1 aromatic rings. The van der Waals surface area contributed by atoms with Crippen molar-refractivity contribution < 1.29 is 19.4 Å². The van der Waals surface area contributed by atoms with Gasteiger partial charge in [-0.25, -0.2) is 0 Å². The second-order valence-corrected chi connectivity index (χ2v) is 3.87. The van der Waals surface area contributed by atoms with Gasteiger partial charge < -0.3 is 15.2 Å². The van der Waals surface area contributed by atoms with Gasteiger partial charge in [0, 0.05) is 13.5 Å². The van der Waals surface area contributed by atoms with E-state index < -0.39 is 12.0 Å². The first-order valence-corrected chi connectivity index (χ1v) is 5.68. The maximum atomic E-state index is 11.6. The molecule has 0 saturated carbocycles. The van der Waals surface area contributed by atoms with E-state index in [2.05, 4.69) is 5.32 Å². The minimum Gasteiger partial charge on any atom is -0.481 e. The lowest BCUT2D eigenvalue weighted by Crippen LogP contribution is -2.30. The van der Waals surface area contributed by atoms with Crippen LogP contribution in [0.3, 0.4) is 0 Å². The summed E-state index contributed by atoms with van der Waals surface area (Å²) < 4.78 is 4.80. The first kappa shape index (κ1) is 14.2. The molecule has 0 radical (unpaired) electrons. The van der Waals surface area contributed by atoms with Gasteiger partial charge in [-0.2, -0.15) is 0 Å². The fourth-order valence-corrected chi connectivity index (χ4v) is 1.57. The topological polar surface area (TPSA) is 75.6 Å². The number of benzene rings is 1. The second-order valence-electron chi connectivity index (χ2n) is 3.87. The molecule has 0 aliphatic heterocycles. The Morgan fingerprint density at radius 2 is 2.00 bits per heavy atom. The number of rotatable bonds is 7. The number of ether oxygens (including phenoxy) is 1. The SMILES string of the molecule is COCCC(=O)NC(CC(=O)O)c1ccccc1. The molecule has 0 heterocycles. The zero-order chi connectivity index (χ0) is 13.4. The number of amides is 1. The molecule has 0 spiro atoms. The van der Waals surface area contributed by atoms with Crippen LogP contribution in [0.25, 0.3) is 0 Å². The fourth-order valence-electron chi connectivity index (χ4n) is 1.57. The number of carboxylic acid groups (broad SMARTS) is 1. The van der Waals surface area contributed by atoms with Crippen LogP contribution in [-0.2, 0) is 14.3 Å². The van der Waals surface area contributed by atoms with Crippen LogP contribution in [0.1, 0.15) is 24.4 Å². The molecule has 1 unspecified atom stereocenters. The van der Waals surface area contributed by atoms with Gasteiger partial charge in [0.25, 0.3) is 0 Å². The summed E-state index contributed by atoms with van der Waals surface area (Å²) in [6, 6.07) is 8.55. The summed E-state index contributed by atoms with van der Waals surface area (Å²) in [7, 11) is 1.51. The number of nitrogens with one attached hydrogen (secondary N) is 1. The molecule has 18 heavy (non-hydrogen) atoms. The molecule has 1 atom stereocenters. The minimum absolute atomic E-state index is 0.136. The van der Waals surface area contributed by atoms with Gasteiger partial charge in [-0.05, 0) is 5.56 Å². The highest BCUT2D eigenvalue weighted by atomic mass is 16.5. The average Bonchev–Trinajstić information content (AvgIpc) is 2.36. The Hall–Kier alpha value is -1.88. The molecule has 98 valence electrons. The number of hydrogen-bond acceptors (Lipinski definition) is 3. The summed E-state index contributed by atoms with van der Waals surface area (Å²) in [6.45, 7) is 0.320. The summed E-state index contributed by atoms with van der Waals surface area (Å²) in [5.41, 5.74) is 0.783. The van der Waals surface area contributed by atoms with Gasteiger partial charge in [0.1, 0.15) is 0 Å². The van der Waals surface area contributed by atoms with Crippen LogP contribution < -0.4 is 5.32 Å². The third kappa shape index (κ3) is 4.97. The maximum absolute atomic E-state index is 11.6. The van der Waals surface area contributed by atoms with E-state index in [-0.39, 0.29) is 18.7 Å². The summed E-state index contributed by atoms with van der Waals surface area (Å²) in [4.78, 5) is 22.4. The molecule has 2 N–H and O–H groups in total. The predicted molar refractivity (Wildman–Crippen MR) is 66.1 cm³/mol.